The fourth-order valence-corrected chi connectivity index (χ4v) is 0.975. The van der Waals surface area contributed by atoms with Gasteiger partial charge in [0.15, 0.2) is 24.5 Å². The molecule has 0 fully saturated rings. The van der Waals surface area contributed by atoms with E-state index in [1.54, 1.807) is 20.8 Å². The molecule has 0 aliphatic rings. The van der Waals surface area contributed by atoms with Gasteiger partial charge in [-0.1, -0.05) is 0 Å². The summed E-state index contributed by atoms with van der Waals surface area (Å²) in [5.41, 5.74) is -0.543. The van der Waals surface area contributed by atoms with Gasteiger partial charge in [0.25, 0.3) is 0 Å². The number of carbonyl (C=O) groups is 2. The number of ether oxygens (including phenoxy) is 2. The molecule has 17 heavy (non-hydrogen) atoms. The van der Waals surface area contributed by atoms with Gasteiger partial charge in [-0.2, -0.15) is 0 Å². The van der Waals surface area contributed by atoms with Gasteiger partial charge in [-0.15, -0.1) is 0 Å². The van der Waals surface area contributed by atoms with E-state index in [2.05, 4.69) is 9.97 Å². The molecule has 0 atom stereocenters. The predicted octanol–water partition coefficient (Wildman–Crippen LogP) is 1.01. The average Bonchev–Trinajstić information content (AvgIpc) is 2.25. The Hall–Kier alpha value is -1.98. The van der Waals surface area contributed by atoms with Gasteiger partial charge >= 0.3 is 5.97 Å². The molecule has 0 radical (unpaired) electrons. The highest BCUT2D eigenvalue weighted by Crippen LogP contribution is 2.09. The Morgan fingerprint density at radius 2 is 1.94 bits per heavy atom. The van der Waals surface area contributed by atoms with Gasteiger partial charge < -0.3 is 9.47 Å². The van der Waals surface area contributed by atoms with Crippen molar-refractivity contribution in [1.82, 2.24) is 9.97 Å². The Balaban J connectivity index is 2.44. The van der Waals surface area contributed by atoms with Crippen molar-refractivity contribution >= 4 is 12.3 Å². The molecular weight excluding hydrogens is 224 g/mol. The minimum Gasteiger partial charge on any atom is -0.479 e. The van der Waals surface area contributed by atoms with Crippen molar-refractivity contribution in [3.8, 4) is 5.75 Å². The number of aromatic nitrogens is 2. The summed E-state index contributed by atoms with van der Waals surface area (Å²) in [6.07, 6.45) is 3.17. The van der Waals surface area contributed by atoms with E-state index in [0.29, 0.717) is 12.0 Å². The molecule has 0 aromatic carbocycles. The molecule has 92 valence electrons. The predicted molar refractivity (Wildman–Crippen MR) is 58.8 cm³/mol. The maximum absolute atomic E-state index is 11.3. The second kappa shape index (κ2) is 5.38. The number of nitrogens with zero attached hydrogens (tertiary/aromatic N) is 2. The lowest BCUT2D eigenvalue weighted by molar-refractivity contribution is -0.157. The maximum atomic E-state index is 11.3. The Morgan fingerprint density at radius 3 is 2.41 bits per heavy atom. The van der Waals surface area contributed by atoms with Crippen molar-refractivity contribution in [3.05, 3.63) is 18.2 Å². The Morgan fingerprint density at radius 1 is 1.35 bits per heavy atom. The van der Waals surface area contributed by atoms with E-state index in [9.17, 15) is 9.59 Å². The minimum atomic E-state index is -0.543. The normalized spacial score (nSPS) is 10.8. The lowest BCUT2D eigenvalue weighted by Crippen LogP contribution is -2.27. The molecule has 0 aliphatic carbocycles. The zero-order valence-electron chi connectivity index (χ0n) is 9.97. The average molecular weight is 238 g/mol. The first-order valence-electron chi connectivity index (χ1n) is 5.02. The van der Waals surface area contributed by atoms with Crippen LogP contribution in [-0.2, 0) is 9.53 Å². The summed E-state index contributed by atoms with van der Waals surface area (Å²) >= 11 is 0. The third-order valence-electron chi connectivity index (χ3n) is 1.53. The van der Waals surface area contributed by atoms with Crippen molar-refractivity contribution in [3.63, 3.8) is 0 Å². The number of hydrogen-bond donors (Lipinski definition) is 0. The molecule has 0 aliphatic heterocycles. The van der Waals surface area contributed by atoms with Gasteiger partial charge in [-0.25, -0.2) is 14.8 Å². The fourth-order valence-electron chi connectivity index (χ4n) is 0.975. The van der Waals surface area contributed by atoms with Gasteiger partial charge in [-0.05, 0) is 20.8 Å². The van der Waals surface area contributed by atoms with Crippen LogP contribution in [0.2, 0.25) is 0 Å². The molecule has 0 N–H and O–H groups in total. The van der Waals surface area contributed by atoms with Crippen LogP contribution in [0.1, 0.15) is 31.4 Å². The fraction of sp³-hybridized carbons (Fsp3) is 0.455. The molecule has 1 rings (SSSR count). The van der Waals surface area contributed by atoms with Crippen LogP contribution in [0.15, 0.2) is 12.4 Å². The standard InChI is InChI=1S/C11H14N2O4/c1-11(2,3)17-10(15)7-16-8-4-12-9(6-14)13-5-8/h4-6H,7H2,1-3H3. The molecule has 1 heterocycles. The number of aldehydes is 1. The third kappa shape index (κ3) is 5.05. The number of carbonyl (C=O) groups excluding carboxylic acids is 2. The van der Waals surface area contributed by atoms with E-state index in [0.717, 1.165) is 0 Å². The SMILES string of the molecule is CC(C)(C)OC(=O)COc1cnc(C=O)nc1. The Labute approximate surface area is 99.0 Å². The molecule has 6 nitrogen and oxygen atoms in total. The van der Waals surface area contributed by atoms with Crippen LogP contribution in [0.3, 0.4) is 0 Å². The monoisotopic (exact) mass is 238 g/mol. The van der Waals surface area contributed by atoms with Crippen LogP contribution in [-0.4, -0.2) is 34.4 Å². The number of esters is 1. The van der Waals surface area contributed by atoms with E-state index >= 15 is 0 Å². The first kappa shape index (κ1) is 13.1. The van der Waals surface area contributed by atoms with Gasteiger partial charge in [0, 0.05) is 0 Å². The highest BCUT2D eigenvalue weighted by Gasteiger charge is 2.16. The van der Waals surface area contributed by atoms with Crippen molar-refractivity contribution in [2.75, 3.05) is 6.61 Å². The highest BCUT2D eigenvalue weighted by atomic mass is 16.6. The summed E-state index contributed by atoms with van der Waals surface area (Å²) < 4.78 is 10.1. The molecular formula is C11H14N2O4. The number of rotatable bonds is 4. The highest BCUT2D eigenvalue weighted by molar-refractivity contribution is 5.71. The van der Waals surface area contributed by atoms with Crippen molar-refractivity contribution in [2.24, 2.45) is 0 Å². The second-order valence-electron chi connectivity index (χ2n) is 4.27. The largest absolute Gasteiger partial charge is 0.479 e. The summed E-state index contributed by atoms with van der Waals surface area (Å²) in [5, 5.41) is 0. The first-order chi connectivity index (χ1) is 7.90. The van der Waals surface area contributed by atoms with E-state index in [4.69, 9.17) is 9.47 Å². The molecule has 0 spiro atoms. The van der Waals surface area contributed by atoms with Gasteiger partial charge in [0.05, 0.1) is 12.4 Å². The van der Waals surface area contributed by atoms with E-state index < -0.39 is 11.6 Å². The van der Waals surface area contributed by atoms with Crippen LogP contribution in [0.5, 0.6) is 5.75 Å². The molecule has 6 heteroatoms. The first-order valence-corrected chi connectivity index (χ1v) is 5.02. The summed E-state index contributed by atoms with van der Waals surface area (Å²) in [4.78, 5) is 29.0. The Kier molecular flexibility index (Phi) is 4.14. The van der Waals surface area contributed by atoms with Crippen LogP contribution in [0.25, 0.3) is 0 Å². The number of hydrogen-bond acceptors (Lipinski definition) is 6. The van der Waals surface area contributed by atoms with Gasteiger partial charge in [-0.3, -0.25) is 4.79 Å². The topological polar surface area (TPSA) is 78.4 Å². The molecule has 1 aromatic heterocycles. The molecule has 0 bridgehead atoms. The quantitative estimate of drug-likeness (QED) is 0.575. The second-order valence-corrected chi connectivity index (χ2v) is 4.27. The van der Waals surface area contributed by atoms with Gasteiger partial charge in [0.1, 0.15) is 5.60 Å². The van der Waals surface area contributed by atoms with Gasteiger partial charge in [0.2, 0.25) is 0 Å². The lowest BCUT2D eigenvalue weighted by atomic mass is 10.2. The van der Waals surface area contributed by atoms with E-state index in [1.807, 2.05) is 0 Å². The summed E-state index contributed by atoms with van der Waals surface area (Å²) in [6, 6.07) is 0. The Bertz CT molecular complexity index is 395. The smallest absolute Gasteiger partial charge is 0.344 e. The maximum Gasteiger partial charge on any atom is 0.344 e. The van der Waals surface area contributed by atoms with Crippen LogP contribution < -0.4 is 4.74 Å². The van der Waals surface area contributed by atoms with Crippen molar-refractivity contribution in [2.45, 2.75) is 26.4 Å². The van der Waals surface area contributed by atoms with Crippen LogP contribution in [0.4, 0.5) is 0 Å². The van der Waals surface area contributed by atoms with Crippen molar-refractivity contribution < 1.29 is 19.1 Å². The molecule has 0 saturated heterocycles. The van der Waals surface area contributed by atoms with Crippen LogP contribution in [0, 0.1) is 0 Å². The summed E-state index contributed by atoms with van der Waals surface area (Å²) in [5.74, 6) is -0.104. The van der Waals surface area contributed by atoms with E-state index in [-0.39, 0.29) is 12.4 Å². The minimum absolute atomic E-state index is 0.0645. The molecule has 0 unspecified atom stereocenters. The van der Waals surface area contributed by atoms with E-state index in [1.165, 1.54) is 12.4 Å². The zero-order valence-corrected chi connectivity index (χ0v) is 9.97. The third-order valence-corrected chi connectivity index (χ3v) is 1.53. The summed E-state index contributed by atoms with van der Waals surface area (Å²) in [7, 11) is 0. The zero-order chi connectivity index (χ0) is 12.9. The lowest BCUT2D eigenvalue weighted by Gasteiger charge is -2.19. The molecule has 0 amide bonds. The molecule has 0 saturated carbocycles. The summed E-state index contributed by atoms with van der Waals surface area (Å²) in [6.45, 7) is 5.09. The van der Waals surface area contributed by atoms with Crippen molar-refractivity contribution in [1.29, 1.82) is 0 Å². The van der Waals surface area contributed by atoms with Crippen LogP contribution >= 0.6 is 0 Å². The molecule has 1 aromatic rings.